The normalized spacial score (nSPS) is 10.5. The van der Waals surface area contributed by atoms with E-state index in [2.05, 4.69) is 5.16 Å². The van der Waals surface area contributed by atoms with Gasteiger partial charge < -0.3 is 9.63 Å². The van der Waals surface area contributed by atoms with Crippen LogP contribution in [0.25, 0.3) is 21.7 Å². The molecule has 0 bridgehead atoms. The van der Waals surface area contributed by atoms with Gasteiger partial charge in [-0.1, -0.05) is 29.4 Å². The smallest absolute Gasteiger partial charge is 0.374 e. The lowest BCUT2D eigenvalue weighted by molar-refractivity contribution is 0.0652. The Balaban J connectivity index is 2.01. The predicted molar refractivity (Wildman–Crippen MR) is 72.2 cm³/mol. The van der Waals surface area contributed by atoms with Gasteiger partial charge >= 0.3 is 5.97 Å². The van der Waals surface area contributed by atoms with Crippen LogP contribution in [-0.2, 0) is 0 Å². The second-order valence-electron chi connectivity index (χ2n) is 3.94. The van der Waals surface area contributed by atoms with E-state index in [0.29, 0.717) is 5.69 Å². The van der Waals surface area contributed by atoms with Crippen molar-refractivity contribution in [1.82, 2.24) is 5.16 Å². The van der Waals surface area contributed by atoms with Crippen LogP contribution in [-0.4, -0.2) is 16.2 Å². The maximum atomic E-state index is 10.8. The number of carboxylic acid groups (broad SMARTS) is 1. The molecule has 94 valence electrons. The minimum absolute atomic E-state index is 0.156. The van der Waals surface area contributed by atoms with Gasteiger partial charge in [-0.2, -0.15) is 0 Å². The van der Waals surface area contributed by atoms with Gasteiger partial charge in [0.1, 0.15) is 5.69 Å². The number of benzene rings is 1. The highest BCUT2D eigenvalue weighted by molar-refractivity contribution is 7.13. The molecule has 1 aromatic carbocycles. The molecule has 0 unspecified atom stereocenters. The molecule has 0 amide bonds. The minimum Gasteiger partial charge on any atom is -0.475 e. The molecular formula is C14H9NO3S. The van der Waals surface area contributed by atoms with E-state index < -0.39 is 5.97 Å². The summed E-state index contributed by atoms with van der Waals surface area (Å²) in [7, 11) is 0. The largest absolute Gasteiger partial charge is 0.475 e. The van der Waals surface area contributed by atoms with E-state index in [1.165, 1.54) is 6.07 Å². The van der Waals surface area contributed by atoms with Crippen LogP contribution in [0.3, 0.4) is 0 Å². The molecule has 0 spiro atoms. The number of thiophene rings is 1. The molecule has 3 aromatic rings. The number of aromatic carboxylic acids is 1. The zero-order chi connectivity index (χ0) is 13.2. The topological polar surface area (TPSA) is 63.3 Å². The number of hydrogen-bond acceptors (Lipinski definition) is 4. The maximum Gasteiger partial charge on any atom is 0.374 e. The molecule has 0 saturated carbocycles. The highest BCUT2D eigenvalue weighted by Gasteiger charge is 2.12. The molecule has 3 rings (SSSR count). The molecular weight excluding hydrogens is 262 g/mol. The van der Waals surface area contributed by atoms with Gasteiger partial charge in [0.15, 0.2) is 0 Å². The fourth-order valence-electron chi connectivity index (χ4n) is 1.79. The van der Waals surface area contributed by atoms with Gasteiger partial charge in [0.2, 0.25) is 5.76 Å². The summed E-state index contributed by atoms with van der Waals surface area (Å²) in [5.74, 6) is -1.27. The van der Waals surface area contributed by atoms with Crippen molar-refractivity contribution in [1.29, 1.82) is 0 Å². The van der Waals surface area contributed by atoms with E-state index in [0.717, 1.165) is 16.0 Å². The minimum atomic E-state index is -1.12. The van der Waals surface area contributed by atoms with Crippen molar-refractivity contribution in [2.45, 2.75) is 0 Å². The van der Waals surface area contributed by atoms with Crippen LogP contribution in [0, 0.1) is 0 Å². The molecule has 19 heavy (non-hydrogen) atoms. The number of carboxylic acids is 1. The fourth-order valence-corrected chi connectivity index (χ4v) is 2.51. The third-order valence-electron chi connectivity index (χ3n) is 2.68. The Hall–Kier alpha value is -2.40. The molecule has 0 radical (unpaired) electrons. The first kappa shape index (κ1) is 11.7. The Morgan fingerprint density at radius 3 is 2.68 bits per heavy atom. The molecule has 4 nitrogen and oxygen atoms in total. The zero-order valence-electron chi connectivity index (χ0n) is 9.74. The third-order valence-corrected chi connectivity index (χ3v) is 3.60. The van der Waals surface area contributed by atoms with Crippen molar-refractivity contribution in [3.63, 3.8) is 0 Å². The number of nitrogens with zero attached hydrogens (tertiary/aromatic N) is 1. The molecule has 5 heteroatoms. The lowest BCUT2D eigenvalue weighted by Crippen LogP contribution is -1.91. The van der Waals surface area contributed by atoms with Crippen molar-refractivity contribution in [3.05, 3.63) is 53.6 Å². The molecule has 2 heterocycles. The molecule has 0 fully saturated rings. The predicted octanol–water partition coefficient (Wildman–Crippen LogP) is 3.77. The summed E-state index contributed by atoms with van der Waals surface area (Å²) in [5.41, 5.74) is 2.44. The third kappa shape index (κ3) is 2.28. The molecule has 0 aliphatic rings. The van der Waals surface area contributed by atoms with Gasteiger partial charge in [-0.25, -0.2) is 4.79 Å². The first-order valence-corrected chi connectivity index (χ1v) is 6.46. The number of carbonyl (C=O) groups is 1. The van der Waals surface area contributed by atoms with Gasteiger partial charge in [0, 0.05) is 16.5 Å². The lowest BCUT2D eigenvalue weighted by Gasteiger charge is -2.00. The summed E-state index contributed by atoms with van der Waals surface area (Å²) in [6.07, 6.45) is 0. The summed E-state index contributed by atoms with van der Waals surface area (Å²) >= 11 is 1.65. The average Bonchev–Trinajstić information content (AvgIpc) is 3.10. The average molecular weight is 271 g/mol. The molecule has 0 aliphatic heterocycles. The Morgan fingerprint density at radius 2 is 2.00 bits per heavy atom. The Morgan fingerprint density at radius 1 is 1.16 bits per heavy atom. The number of rotatable bonds is 3. The quantitative estimate of drug-likeness (QED) is 0.787. The van der Waals surface area contributed by atoms with Crippen molar-refractivity contribution < 1.29 is 14.4 Å². The zero-order valence-corrected chi connectivity index (χ0v) is 10.6. The Kier molecular flexibility index (Phi) is 2.89. The van der Waals surface area contributed by atoms with Crippen molar-refractivity contribution in [2.75, 3.05) is 0 Å². The summed E-state index contributed by atoms with van der Waals surface area (Å²) in [6.45, 7) is 0. The van der Waals surface area contributed by atoms with Crippen LogP contribution in [0.5, 0.6) is 0 Å². The van der Waals surface area contributed by atoms with Gasteiger partial charge in [-0.3, -0.25) is 0 Å². The van der Waals surface area contributed by atoms with Gasteiger partial charge in [-0.15, -0.1) is 11.3 Å². The highest BCUT2D eigenvalue weighted by atomic mass is 32.1. The Bertz CT molecular complexity index is 716. The van der Waals surface area contributed by atoms with Crippen LogP contribution in [0.4, 0.5) is 0 Å². The summed E-state index contributed by atoms with van der Waals surface area (Å²) < 4.78 is 4.76. The van der Waals surface area contributed by atoms with Crippen molar-refractivity contribution in [3.8, 4) is 21.7 Å². The first-order chi connectivity index (χ1) is 9.24. The van der Waals surface area contributed by atoms with Gasteiger partial charge in [0.05, 0.1) is 0 Å². The second-order valence-corrected chi connectivity index (χ2v) is 4.89. The van der Waals surface area contributed by atoms with E-state index >= 15 is 0 Å². The number of aromatic nitrogens is 1. The molecule has 2 aromatic heterocycles. The van der Waals surface area contributed by atoms with E-state index in [1.807, 2.05) is 41.8 Å². The van der Waals surface area contributed by atoms with Crippen LogP contribution in [0.15, 0.2) is 52.4 Å². The summed E-state index contributed by atoms with van der Waals surface area (Å²) in [5, 5.41) is 14.6. The first-order valence-electron chi connectivity index (χ1n) is 5.58. The van der Waals surface area contributed by atoms with Crippen molar-refractivity contribution in [2.24, 2.45) is 0 Å². The highest BCUT2D eigenvalue weighted by Crippen LogP contribution is 2.28. The van der Waals surface area contributed by atoms with Crippen LogP contribution >= 0.6 is 11.3 Å². The van der Waals surface area contributed by atoms with Crippen molar-refractivity contribution >= 4 is 17.3 Å². The Labute approximate surface area is 112 Å². The standard InChI is InChI=1S/C14H9NO3S/c16-14(17)12-8-11(15-18-12)9-3-1-4-10(7-9)13-5-2-6-19-13/h1-8H,(H,16,17). The molecule has 0 aliphatic carbocycles. The van der Waals surface area contributed by atoms with E-state index in [-0.39, 0.29) is 5.76 Å². The SMILES string of the molecule is O=C(O)c1cc(-c2cccc(-c3cccs3)c2)no1. The second kappa shape index (κ2) is 4.70. The lowest BCUT2D eigenvalue weighted by atomic mass is 10.1. The van der Waals surface area contributed by atoms with E-state index in [9.17, 15) is 4.79 Å². The number of hydrogen-bond donors (Lipinski definition) is 1. The molecule has 1 N–H and O–H groups in total. The monoisotopic (exact) mass is 271 g/mol. The van der Waals surface area contributed by atoms with Crippen LogP contribution in [0.2, 0.25) is 0 Å². The summed E-state index contributed by atoms with van der Waals surface area (Å²) in [4.78, 5) is 11.9. The maximum absolute atomic E-state index is 10.8. The van der Waals surface area contributed by atoms with Crippen LogP contribution in [0.1, 0.15) is 10.6 Å². The molecule has 0 atom stereocenters. The van der Waals surface area contributed by atoms with E-state index in [4.69, 9.17) is 9.63 Å². The van der Waals surface area contributed by atoms with Gasteiger partial charge in [-0.05, 0) is 23.1 Å². The fraction of sp³-hybridized carbons (Fsp3) is 0. The van der Waals surface area contributed by atoms with E-state index in [1.54, 1.807) is 11.3 Å². The van der Waals surface area contributed by atoms with Gasteiger partial charge in [0.25, 0.3) is 0 Å². The van der Waals surface area contributed by atoms with Crippen LogP contribution < -0.4 is 0 Å². The molecule has 0 saturated heterocycles. The summed E-state index contributed by atoms with van der Waals surface area (Å²) in [6, 6.07) is 13.2.